The van der Waals surface area contributed by atoms with Crippen LogP contribution in [0.15, 0.2) is 30.3 Å². The minimum Gasteiger partial charge on any atom is -0.347 e. The number of hydrogen-bond acceptors (Lipinski definition) is 2. The first-order valence-corrected chi connectivity index (χ1v) is 8.39. The molecular weight excluding hydrogens is 262 g/mol. The van der Waals surface area contributed by atoms with E-state index in [1.165, 1.54) is 24.8 Å². The number of quaternary nitrogens is 1. The minimum atomic E-state index is -0.0146. The lowest BCUT2D eigenvalue weighted by Gasteiger charge is -2.39. The average molecular weight is 290 g/mol. The molecule has 2 aliphatic rings. The summed E-state index contributed by atoms with van der Waals surface area (Å²) in [7, 11) is 0. The van der Waals surface area contributed by atoms with Crippen LogP contribution >= 0.6 is 0 Å². The van der Waals surface area contributed by atoms with Crippen molar-refractivity contribution in [2.24, 2.45) is 5.92 Å². The van der Waals surface area contributed by atoms with E-state index in [1.807, 2.05) is 0 Å². The molecular formula is C18H28NO2+. The Morgan fingerprint density at radius 1 is 1.24 bits per heavy atom. The quantitative estimate of drug-likeness (QED) is 0.766. The fraction of sp³-hybridized carbons (Fsp3) is 0.667. The number of piperidine rings is 1. The third-order valence-electron chi connectivity index (χ3n) is 4.69. The van der Waals surface area contributed by atoms with E-state index in [4.69, 9.17) is 9.57 Å². The van der Waals surface area contributed by atoms with E-state index in [1.54, 1.807) is 0 Å². The van der Waals surface area contributed by atoms with E-state index in [-0.39, 0.29) is 6.29 Å². The van der Waals surface area contributed by atoms with Gasteiger partial charge in [-0.1, -0.05) is 44.2 Å². The van der Waals surface area contributed by atoms with Gasteiger partial charge in [-0.05, 0) is 18.8 Å². The van der Waals surface area contributed by atoms with Gasteiger partial charge < -0.3 is 4.74 Å². The van der Waals surface area contributed by atoms with Crippen LogP contribution < -0.4 is 0 Å². The van der Waals surface area contributed by atoms with Crippen LogP contribution in [0.2, 0.25) is 0 Å². The van der Waals surface area contributed by atoms with Crippen molar-refractivity contribution in [3.8, 4) is 0 Å². The normalized spacial score (nSPS) is 32.3. The summed E-state index contributed by atoms with van der Waals surface area (Å²) in [5, 5.41) is 0. The monoisotopic (exact) mass is 290 g/mol. The zero-order chi connectivity index (χ0) is 14.7. The van der Waals surface area contributed by atoms with Crippen LogP contribution in [-0.2, 0) is 16.1 Å². The van der Waals surface area contributed by atoms with Crippen molar-refractivity contribution in [3.63, 3.8) is 0 Å². The van der Waals surface area contributed by atoms with E-state index >= 15 is 0 Å². The predicted molar refractivity (Wildman–Crippen MR) is 83.2 cm³/mol. The molecule has 0 aliphatic carbocycles. The zero-order valence-electron chi connectivity index (χ0n) is 13.3. The summed E-state index contributed by atoms with van der Waals surface area (Å²) in [4.78, 5) is 6.42. The molecule has 3 nitrogen and oxygen atoms in total. The van der Waals surface area contributed by atoms with Gasteiger partial charge in [0.05, 0.1) is 13.0 Å². The Labute approximate surface area is 128 Å². The Morgan fingerprint density at radius 3 is 2.81 bits per heavy atom. The molecule has 0 aromatic heterocycles. The van der Waals surface area contributed by atoms with Crippen LogP contribution in [0, 0.1) is 5.92 Å². The standard InChI is InChI=1S/C18H28NO2/c1-15(2)14-20-18-12-17-10-6-7-11-19(17,21-18)13-16-8-4-3-5-9-16/h3-5,8-9,15,17-18H,6-7,10-14H2,1-2H3/q+1/t17-,18-,19+/m0/s1. The van der Waals surface area contributed by atoms with E-state index in [9.17, 15) is 0 Å². The van der Waals surface area contributed by atoms with Crippen molar-refractivity contribution < 1.29 is 14.2 Å². The van der Waals surface area contributed by atoms with Crippen molar-refractivity contribution >= 4 is 0 Å². The highest BCUT2D eigenvalue weighted by Crippen LogP contribution is 2.39. The second-order valence-corrected chi connectivity index (χ2v) is 6.97. The Balaban J connectivity index is 1.70. The summed E-state index contributed by atoms with van der Waals surface area (Å²) < 4.78 is 6.77. The number of ether oxygens (including phenoxy) is 1. The third kappa shape index (κ3) is 3.47. The molecule has 0 bridgehead atoms. The number of hydrogen-bond donors (Lipinski definition) is 0. The molecule has 21 heavy (non-hydrogen) atoms. The molecule has 2 saturated heterocycles. The molecule has 1 aromatic carbocycles. The molecule has 2 fully saturated rings. The Morgan fingerprint density at radius 2 is 2.05 bits per heavy atom. The van der Waals surface area contributed by atoms with Crippen molar-refractivity contribution in [1.29, 1.82) is 0 Å². The fourth-order valence-corrected chi connectivity index (χ4v) is 3.66. The first-order chi connectivity index (χ1) is 10.2. The van der Waals surface area contributed by atoms with Gasteiger partial charge in [0.15, 0.2) is 0 Å². The molecule has 1 aromatic rings. The van der Waals surface area contributed by atoms with Crippen LogP contribution in [0.5, 0.6) is 0 Å². The van der Waals surface area contributed by atoms with Gasteiger partial charge in [-0.25, -0.2) is 0 Å². The molecule has 3 rings (SSSR count). The lowest BCUT2D eigenvalue weighted by Crippen LogP contribution is -2.52. The average Bonchev–Trinajstić information content (AvgIpc) is 2.84. The Bertz CT molecular complexity index is 448. The van der Waals surface area contributed by atoms with Crippen LogP contribution in [0.3, 0.4) is 0 Å². The number of hydroxylamine groups is 3. The highest BCUT2D eigenvalue weighted by atomic mass is 16.8. The molecule has 3 atom stereocenters. The van der Waals surface area contributed by atoms with Gasteiger partial charge in [0.1, 0.15) is 19.1 Å². The number of rotatable bonds is 5. The molecule has 0 saturated carbocycles. The molecule has 116 valence electrons. The highest BCUT2D eigenvalue weighted by Gasteiger charge is 2.51. The van der Waals surface area contributed by atoms with Crippen molar-refractivity contribution in [3.05, 3.63) is 35.9 Å². The number of nitrogens with zero attached hydrogens (tertiary/aromatic N) is 1. The number of benzene rings is 1. The van der Waals surface area contributed by atoms with E-state index < -0.39 is 0 Å². The molecule has 2 aliphatic heterocycles. The maximum Gasteiger partial charge on any atom is 0.221 e. The molecule has 0 amide bonds. The van der Waals surface area contributed by atoms with Gasteiger partial charge >= 0.3 is 0 Å². The summed E-state index contributed by atoms with van der Waals surface area (Å²) in [6.07, 6.45) is 4.91. The summed E-state index contributed by atoms with van der Waals surface area (Å²) in [6.45, 7) is 7.28. The third-order valence-corrected chi connectivity index (χ3v) is 4.69. The van der Waals surface area contributed by atoms with Crippen molar-refractivity contribution in [2.45, 2.75) is 58.4 Å². The maximum absolute atomic E-state index is 6.42. The van der Waals surface area contributed by atoms with Crippen LogP contribution in [0.4, 0.5) is 0 Å². The SMILES string of the molecule is CC(C)CO[C@@H]1C[C@@H]2CCCC[N@+]2(Cc2ccccc2)O1. The fourth-order valence-electron chi connectivity index (χ4n) is 3.66. The summed E-state index contributed by atoms with van der Waals surface area (Å²) in [6, 6.07) is 11.4. The Kier molecular flexibility index (Phi) is 4.63. The van der Waals surface area contributed by atoms with Gasteiger partial charge in [-0.2, -0.15) is 9.48 Å². The lowest BCUT2D eigenvalue weighted by molar-refractivity contribution is -1.13. The van der Waals surface area contributed by atoms with Gasteiger partial charge in [-0.3, -0.25) is 0 Å². The Hall–Kier alpha value is -0.900. The molecule has 0 N–H and O–H groups in total. The first-order valence-electron chi connectivity index (χ1n) is 8.39. The maximum atomic E-state index is 6.42. The van der Waals surface area contributed by atoms with Crippen molar-refractivity contribution in [2.75, 3.05) is 13.2 Å². The van der Waals surface area contributed by atoms with E-state index in [0.29, 0.717) is 12.0 Å². The van der Waals surface area contributed by atoms with Gasteiger partial charge in [0, 0.05) is 12.0 Å². The molecule has 3 heteroatoms. The van der Waals surface area contributed by atoms with Gasteiger partial charge in [-0.15, -0.1) is 0 Å². The van der Waals surface area contributed by atoms with Crippen LogP contribution in [-0.4, -0.2) is 30.1 Å². The summed E-state index contributed by atoms with van der Waals surface area (Å²) in [5.74, 6) is 0.564. The molecule has 0 spiro atoms. The van der Waals surface area contributed by atoms with Gasteiger partial charge in [0.25, 0.3) is 0 Å². The summed E-state index contributed by atoms with van der Waals surface area (Å²) in [5.41, 5.74) is 1.37. The van der Waals surface area contributed by atoms with Crippen LogP contribution in [0.25, 0.3) is 0 Å². The highest BCUT2D eigenvalue weighted by molar-refractivity contribution is 5.13. The van der Waals surface area contributed by atoms with Crippen LogP contribution in [0.1, 0.15) is 45.1 Å². The molecule has 0 unspecified atom stereocenters. The minimum absolute atomic E-state index is 0.0146. The largest absolute Gasteiger partial charge is 0.347 e. The van der Waals surface area contributed by atoms with Crippen molar-refractivity contribution in [1.82, 2.24) is 0 Å². The first kappa shape index (κ1) is 15.0. The summed E-state index contributed by atoms with van der Waals surface area (Å²) >= 11 is 0. The number of fused-ring (bicyclic) bond motifs is 1. The van der Waals surface area contributed by atoms with Gasteiger partial charge in [0.2, 0.25) is 6.29 Å². The predicted octanol–water partition coefficient (Wildman–Crippen LogP) is 3.89. The van der Waals surface area contributed by atoms with E-state index in [2.05, 4.69) is 44.2 Å². The molecule has 0 radical (unpaired) electrons. The topological polar surface area (TPSA) is 18.5 Å². The van der Waals surface area contributed by atoms with E-state index in [0.717, 1.165) is 30.8 Å². The second kappa shape index (κ2) is 6.47. The second-order valence-electron chi connectivity index (χ2n) is 6.97. The zero-order valence-corrected chi connectivity index (χ0v) is 13.3. The lowest BCUT2D eigenvalue weighted by atomic mass is 9.98. The smallest absolute Gasteiger partial charge is 0.221 e. The molecule has 2 heterocycles.